The molecule has 0 aliphatic rings. The lowest BCUT2D eigenvalue weighted by atomic mass is 10.1. The average Bonchev–Trinajstić information content (AvgIpc) is 2.14. The van der Waals surface area contributed by atoms with Gasteiger partial charge in [-0.05, 0) is 12.1 Å². The van der Waals surface area contributed by atoms with E-state index in [4.69, 9.17) is 0 Å². The number of rotatable bonds is 2. The van der Waals surface area contributed by atoms with Crippen molar-refractivity contribution >= 4 is 0 Å². The van der Waals surface area contributed by atoms with Crippen molar-refractivity contribution in [1.29, 1.82) is 0 Å². The molecule has 1 unspecified atom stereocenters. The van der Waals surface area contributed by atoms with Crippen molar-refractivity contribution in [2.45, 2.75) is 12.0 Å². The average molecular weight is 224 g/mol. The van der Waals surface area contributed by atoms with Crippen LogP contribution in [0, 0.1) is 5.82 Å². The Kier molecular flexibility index (Phi) is 3.01. The fraction of sp³-hybridized carbons (Fsp3) is 0.333. The summed E-state index contributed by atoms with van der Waals surface area (Å²) in [7, 11) is 0.693. The van der Waals surface area contributed by atoms with Crippen molar-refractivity contribution in [2.75, 3.05) is 7.11 Å². The van der Waals surface area contributed by atoms with E-state index in [-0.39, 0.29) is 0 Å². The molecule has 1 N–H and O–H groups in total. The largest absolute Gasteiger partial charge is 0.448 e. The third-order valence-corrected chi connectivity index (χ3v) is 1.90. The van der Waals surface area contributed by atoms with Crippen molar-refractivity contribution in [3.63, 3.8) is 0 Å². The molecule has 0 fully saturated rings. The number of ether oxygens (including phenoxy) is 1. The van der Waals surface area contributed by atoms with Crippen LogP contribution in [0.15, 0.2) is 24.3 Å². The fourth-order valence-electron chi connectivity index (χ4n) is 1.10. The quantitative estimate of drug-likeness (QED) is 0.616. The monoisotopic (exact) mass is 224 g/mol. The lowest BCUT2D eigenvalue weighted by Crippen LogP contribution is -2.44. The molecule has 0 aliphatic heterocycles. The summed E-state index contributed by atoms with van der Waals surface area (Å²) in [6, 6.07) is 3.52. The molecule has 1 aromatic carbocycles. The smallest absolute Gasteiger partial charge is 0.355 e. The van der Waals surface area contributed by atoms with Crippen LogP contribution < -0.4 is 0 Å². The van der Waals surface area contributed by atoms with Gasteiger partial charge < -0.3 is 9.84 Å². The van der Waals surface area contributed by atoms with Crippen LogP contribution in [0.4, 0.5) is 17.6 Å². The van der Waals surface area contributed by atoms with E-state index < -0.39 is 23.3 Å². The van der Waals surface area contributed by atoms with Gasteiger partial charge in [0, 0.05) is 12.7 Å². The summed E-state index contributed by atoms with van der Waals surface area (Å²) >= 11 is 0. The maximum atomic E-state index is 12.7. The zero-order chi connectivity index (χ0) is 11.7. The lowest BCUT2D eigenvalue weighted by Gasteiger charge is -2.28. The maximum Gasteiger partial charge on any atom is 0.448 e. The third kappa shape index (κ3) is 2.10. The molecule has 84 valence electrons. The first-order valence-electron chi connectivity index (χ1n) is 3.91. The summed E-state index contributed by atoms with van der Waals surface area (Å²) in [5, 5.41) is 9.24. The van der Waals surface area contributed by atoms with Gasteiger partial charge in [0.2, 0.25) is 0 Å². The number of methoxy groups -OCH3 is 1. The molecule has 0 heterocycles. The fourth-order valence-corrected chi connectivity index (χ4v) is 1.10. The first-order chi connectivity index (χ1) is 6.81. The predicted molar refractivity (Wildman–Crippen MR) is 43.4 cm³/mol. The Balaban J connectivity index is 3.23. The van der Waals surface area contributed by atoms with Crippen LogP contribution in [-0.4, -0.2) is 18.4 Å². The van der Waals surface area contributed by atoms with Crippen LogP contribution in [-0.2, 0) is 10.5 Å². The van der Waals surface area contributed by atoms with Crippen LogP contribution in [0.2, 0.25) is 0 Å². The highest BCUT2D eigenvalue weighted by Crippen LogP contribution is 2.39. The number of alkyl halides is 3. The van der Waals surface area contributed by atoms with Crippen molar-refractivity contribution in [2.24, 2.45) is 0 Å². The minimum Gasteiger partial charge on any atom is -0.355 e. The Morgan fingerprint density at radius 3 is 2.27 bits per heavy atom. The van der Waals surface area contributed by atoms with E-state index in [2.05, 4.69) is 4.74 Å². The van der Waals surface area contributed by atoms with Crippen molar-refractivity contribution in [1.82, 2.24) is 0 Å². The van der Waals surface area contributed by atoms with Crippen LogP contribution in [0.25, 0.3) is 0 Å². The van der Waals surface area contributed by atoms with E-state index in [0.717, 1.165) is 18.2 Å². The topological polar surface area (TPSA) is 29.5 Å². The minimum atomic E-state index is -5.03. The van der Waals surface area contributed by atoms with Gasteiger partial charge in [0.1, 0.15) is 5.82 Å². The molecule has 6 heteroatoms. The van der Waals surface area contributed by atoms with Gasteiger partial charge in [-0.3, -0.25) is 0 Å². The Morgan fingerprint density at radius 2 is 1.87 bits per heavy atom. The van der Waals surface area contributed by atoms with Crippen molar-refractivity contribution in [3.05, 3.63) is 35.6 Å². The van der Waals surface area contributed by atoms with Crippen LogP contribution in [0.1, 0.15) is 5.56 Å². The molecule has 15 heavy (non-hydrogen) atoms. The van der Waals surface area contributed by atoms with Crippen LogP contribution in [0.5, 0.6) is 0 Å². The lowest BCUT2D eigenvalue weighted by molar-refractivity contribution is -0.367. The van der Waals surface area contributed by atoms with Gasteiger partial charge in [-0.25, -0.2) is 4.39 Å². The molecule has 0 saturated heterocycles. The summed E-state index contributed by atoms with van der Waals surface area (Å²) in [5.41, 5.74) is -0.697. The predicted octanol–water partition coefficient (Wildman–Crippen LogP) is 2.18. The summed E-state index contributed by atoms with van der Waals surface area (Å²) < 4.78 is 54.0. The van der Waals surface area contributed by atoms with Crippen molar-refractivity contribution < 1.29 is 27.4 Å². The molecule has 0 radical (unpaired) electrons. The van der Waals surface area contributed by atoms with Gasteiger partial charge in [-0.2, -0.15) is 13.2 Å². The molecule has 0 spiro atoms. The number of halogens is 4. The molecule has 0 saturated carbocycles. The van der Waals surface area contributed by atoms with Crippen LogP contribution in [0.3, 0.4) is 0 Å². The standard InChI is InChI=1S/C9H8F4O2/c1-15-8(14,9(11,12)13)6-3-2-4-7(10)5-6/h2-5,14H,1H3. The number of benzene rings is 1. The molecule has 1 rings (SSSR count). The highest BCUT2D eigenvalue weighted by Gasteiger charge is 2.56. The molecule has 0 aliphatic carbocycles. The van der Waals surface area contributed by atoms with E-state index in [1.165, 1.54) is 0 Å². The normalized spacial score (nSPS) is 16.1. The highest BCUT2D eigenvalue weighted by molar-refractivity contribution is 5.22. The molecule has 2 nitrogen and oxygen atoms in total. The maximum absolute atomic E-state index is 12.7. The van der Waals surface area contributed by atoms with Gasteiger partial charge in [-0.15, -0.1) is 0 Å². The summed E-state index contributed by atoms with van der Waals surface area (Å²) in [4.78, 5) is 0. The molecular weight excluding hydrogens is 216 g/mol. The molecule has 0 bridgehead atoms. The van der Waals surface area contributed by atoms with Gasteiger partial charge in [0.25, 0.3) is 5.79 Å². The van der Waals surface area contributed by atoms with E-state index in [9.17, 15) is 22.7 Å². The molecule has 1 aromatic rings. The van der Waals surface area contributed by atoms with Gasteiger partial charge in [-0.1, -0.05) is 12.1 Å². The Labute approximate surface area is 83.1 Å². The zero-order valence-electron chi connectivity index (χ0n) is 7.68. The third-order valence-electron chi connectivity index (χ3n) is 1.90. The Morgan fingerprint density at radius 1 is 1.27 bits per heavy atom. The molecule has 0 aromatic heterocycles. The minimum absolute atomic E-state index is 0.566. The SMILES string of the molecule is COC(O)(c1cccc(F)c1)C(F)(F)F. The Bertz CT molecular complexity index is 350. The summed E-state index contributed by atoms with van der Waals surface area (Å²) in [6.45, 7) is 0. The van der Waals surface area contributed by atoms with Crippen LogP contribution >= 0.6 is 0 Å². The number of hydrogen-bond donors (Lipinski definition) is 1. The second kappa shape index (κ2) is 3.79. The summed E-state index contributed by atoms with van der Waals surface area (Å²) in [5.74, 6) is -4.36. The van der Waals surface area contributed by atoms with E-state index in [0.29, 0.717) is 13.2 Å². The highest BCUT2D eigenvalue weighted by atomic mass is 19.4. The zero-order valence-corrected chi connectivity index (χ0v) is 7.68. The van der Waals surface area contributed by atoms with Crippen molar-refractivity contribution in [3.8, 4) is 0 Å². The first-order valence-corrected chi connectivity index (χ1v) is 3.91. The second-order valence-electron chi connectivity index (χ2n) is 2.86. The number of hydrogen-bond acceptors (Lipinski definition) is 2. The van der Waals surface area contributed by atoms with Gasteiger partial charge >= 0.3 is 6.18 Å². The number of aliphatic hydroxyl groups is 1. The molecular formula is C9H8F4O2. The van der Waals surface area contributed by atoms with E-state index >= 15 is 0 Å². The molecule has 0 amide bonds. The van der Waals surface area contributed by atoms with Gasteiger partial charge in [0.05, 0.1) is 0 Å². The van der Waals surface area contributed by atoms with Gasteiger partial charge in [0.15, 0.2) is 0 Å². The van der Waals surface area contributed by atoms with E-state index in [1.54, 1.807) is 0 Å². The first kappa shape index (κ1) is 11.9. The van der Waals surface area contributed by atoms with E-state index in [1.807, 2.05) is 0 Å². The summed E-state index contributed by atoms with van der Waals surface area (Å²) in [6.07, 6.45) is -5.03. The second-order valence-corrected chi connectivity index (χ2v) is 2.86. The Hall–Kier alpha value is -1.14. The molecule has 1 atom stereocenters.